The molecule has 0 aromatic carbocycles. The molecule has 0 amide bonds. The Morgan fingerprint density at radius 3 is 2.23 bits per heavy atom. The number of hydrogen-bond acceptors (Lipinski definition) is 2. The molecule has 80 valence electrons. The number of carboxylic acid groups (broad SMARTS) is 1. The van der Waals surface area contributed by atoms with Crippen LogP contribution in [0.5, 0.6) is 0 Å². The minimum atomic E-state index is -0.688. The van der Waals surface area contributed by atoms with Crippen LogP contribution >= 0.6 is 0 Å². The van der Waals surface area contributed by atoms with E-state index in [9.17, 15) is 4.79 Å². The van der Waals surface area contributed by atoms with Gasteiger partial charge in [0.15, 0.2) is 0 Å². The van der Waals surface area contributed by atoms with Crippen LogP contribution in [0.3, 0.4) is 0 Å². The van der Waals surface area contributed by atoms with Crippen molar-refractivity contribution in [3.05, 3.63) is 0 Å². The van der Waals surface area contributed by atoms with E-state index in [2.05, 4.69) is 0 Å². The van der Waals surface area contributed by atoms with Gasteiger partial charge in [-0.3, -0.25) is 4.79 Å². The van der Waals surface area contributed by atoms with Gasteiger partial charge in [-0.25, -0.2) is 0 Å². The van der Waals surface area contributed by atoms with Gasteiger partial charge in [0.2, 0.25) is 0 Å². The zero-order valence-electron chi connectivity index (χ0n) is 7.71. The molecular formula is C10H22O3. The maximum atomic E-state index is 10.1. The normalized spacial score (nSPS) is 9.31. The van der Waals surface area contributed by atoms with Gasteiger partial charge < -0.3 is 9.84 Å². The number of aliphatic carboxylic acids is 1. The van der Waals surface area contributed by atoms with Crippen molar-refractivity contribution in [3.63, 3.8) is 0 Å². The fourth-order valence-electron chi connectivity index (χ4n) is 1.05. The predicted molar refractivity (Wildman–Crippen MR) is 53.9 cm³/mol. The summed E-state index contributed by atoms with van der Waals surface area (Å²) in [6.45, 7) is 0.818. The van der Waals surface area contributed by atoms with Gasteiger partial charge in [-0.15, -0.1) is 0 Å². The number of hydrogen-bond donors (Lipinski definition) is 1. The lowest BCUT2D eigenvalue weighted by Crippen LogP contribution is -1.94. The molecule has 0 aromatic rings. The number of unbranched alkanes of at least 4 members (excludes halogenated alkanes) is 4. The lowest BCUT2D eigenvalue weighted by Gasteiger charge is -1.98. The first-order valence-corrected chi connectivity index (χ1v) is 4.48. The fourth-order valence-corrected chi connectivity index (χ4v) is 1.05. The van der Waals surface area contributed by atoms with Crippen LogP contribution in [0.1, 0.15) is 46.0 Å². The summed E-state index contributed by atoms with van der Waals surface area (Å²) >= 11 is 0. The molecule has 3 nitrogen and oxygen atoms in total. The zero-order valence-corrected chi connectivity index (χ0v) is 7.71. The largest absolute Gasteiger partial charge is 0.481 e. The third-order valence-corrected chi connectivity index (χ3v) is 1.74. The van der Waals surface area contributed by atoms with E-state index in [-0.39, 0.29) is 7.43 Å². The molecular weight excluding hydrogens is 168 g/mol. The van der Waals surface area contributed by atoms with Crippen LogP contribution < -0.4 is 0 Å². The van der Waals surface area contributed by atoms with Gasteiger partial charge in [0.1, 0.15) is 0 Å². The molecule has 0 rings (SSSR count). The third-order valence-electron chi connectivity index (χ3n) is 1.74. The second kappa shape index (κ2) is 11.4. The van der Waals surface area contributed by atoms with Crippen molar-refractivity contribution in [3.8, 4) is 0 Å². The Morgan fingerprint density at radius 1 is 1.15 bits per heavy atom. The van der Waals surface area contributed by atoms with E-state index in [1.807, 2.05) is 0 Å². The van der Waals surface area contributed by atoms with Crippen LogP contribution in [0, 0.1) is 0 Å². The molecule has 0 unspecified atom stereocenters. The van der Waals surface area contributed by atoms with Gasteiger partial charge in [0.05, 0.1) is 0 Å². The first kappa shape index (κ1) is 14.9. The number of rotatable bonds is 8. The maximum absolute atomic E-state index is 10.1. The van der Waals surface area contributed by atoms with Crippen molar-refractivity contribution in [1.82, 2.24) is 0 Å². The lowest BCUT2D eigenvalue weighted by atomic mass is 10.1. The second-order valence-corrected chi connectivity index (χ2v) is 2.90. The van der Waals surface area contributed by atoms with Gasteiger partial charge in [0, 0.05) is 20.1 Å². The third kappa shape index (κ3) is 14.3. The van der Waals surface area contributed by atoms with Gasteiger partial charge in [-0.05, 0) is 12.8 Å². The smallest absolute Gasteiger partial charge is 0.303 e. The molecule has 0 radical (unpaired) electrons. The van der Waals surface area contributed by atoms with Crippen LogP contribution in [0.25, 0.3) is 0 Å². The number of methoxy groups -OCH3 is 1. The fraction of sp³-hybridized carbons (Fsp3) is 0.900. The zero-order chi connectivity index (χ0) is 9.23. The molecule has 0 heterocycles. The maximum Gasteiger partial charge on any atom is 0.303 e. The van der Waals surface area contributed by atoms with Crippen molar-refractivity contribution < 1.29 is 14.6 Å². The highest BCUT2D eigenvalue weighted by Crippen LogP contribution is 2.04. The summed E-state index contributed by atoms with van der Waals surface area (Å²) in [7, 11) is 1.70. The van der Waals surface area contributed by atoms with Crippen molar-refractivity contribution in [2.45, 2.75) is 46.0 Å². The van der Waals surface area contributed by atoms with Crippen LogP contribution in [-0.4, -0.2) is 24.8 Å². The molecule has 0 saturated heterocycles. The molecule has 0 bridgehead atoms. The highest BCUT2D eigenvalue weighted by atomic mass is 16.5. The summed E-state index contributed by atoms with van der Waals surface area (Å²) < 4.78 is 4.89. The number of carbonyl (C=O) groups is 1. The molecule has 0 spiro atoms. The Hall–Kier alpha value is -0.570. The average Bonchev–Trinajstić information content (AvgIpc) is 2.02. The van der Waals surface area contributed by atoms with Gasteiger partial charge in [-0.1, -0.05) is 26.7 Å². The molecule has 0 aliphatic carbocycles. The Kier molecular flexibility index (Phi) is 13.1. The van der Waals surface area contributed by atoms with Crippen LogP contribution in [0.15, 0.2) is 0 Å². The minimum Gasteiger partial charge on any atom is -0.481 e. The molecule has 0 aliphatic heterocycles. The predicted octanol–water partition coefficient (Wildman–Crippen LogP) is 2.69. The standard InChI is InChI=1S/C9H18O3.CH4/c1-12-8-6-4-2-3-5-7-9(10)11;/h2-8H2,1H3,(H,10,11);1H4. The van der Waals surface area contributed by atoms with E-state index in [0.717, 1.165) is 38.7 Å². The van der Waals surface area contributed by atoms with E-state index in [4.69, 9.17) is 9.84 Å². The van der Waals surface area contributed by atoms with Crippen LogP contribution in [0.4, 0.5) is 0 Å². The molecule has 0 aromatic heterocycles. The molecule has 1 N–H and O–H groups in total. The van der Waals surface area contributed by atoms with E-state index in [1.165, 1.54) is 0 Å². The van der Waals surface area contributed by atoms with Crippen molar-refractivity contribution in [2.24, 2.45) is 0 Å². The summed E-state index contributed by atoms with van der Waals surface area (Å²) in [5.74, 6) is -0.688. The van der Waals surface area contributed by atoms with Crippen molar-refractivity contribution in [2.75, 3.05) is 13.7 Å². The molecule has 0 saturated carbocycles. The number of ether oxygens (including phenoxy) is 1. The summed E-state index contributed by atoms with van der Waals surface area (Å²) in [4.78, 5) is 10.1. The quantitative estimate of drug-likeness (QED) is 0.598. The summed E-state index contributed by atoms with van der Waals surface area (Å²) in [5, 5.41) is 8.33. The van der Waals surface area contributed by atoms with Gasteiger partial charge in [-0.2, -0.15) is 0 Å². The Morgan fingerprint density at radius 2 is 1.69 bits per heavy atom. The SMILES string of the molecule is C.COCCCCCCCC(=O)O. The summed E-state index contributed by atoms with van der Waals surface area (Å²) in [6.07, 6.45) is 5.50. The van der Waals surface area contributed by atoms with Crippen LogP contribution in [-0.2, 0) is 9.53 Å². The topological polar surface area (TPSA) is 46.5 Å². The van der Waals surface area contributed by atoms with E-state index in [0.29, 0.717) is 6.42 Å². The van der Waals surface area contributed by atoms with Crippen molar-refractivity contribution >= 4 is 5.97 Å². The highest BCUT2D eigenvalue weighted by molar-refractivity contribution is 5.66. The minimum absolute atomic E-state index is 0. The van der Waals surface area contributed by atoms with Gasteiger partial charge in [0.25, 0.3) is 0 Å². The Labute approximate surface area is 81.1 Å². The first-order valence-electron chi connectivity index (χ1n) is 4.48. The van der Waals surface area contributed by atoms with Gasteiger partial charge >= 0.3 is 5.97 Å². The van der Waals surface area contributed by atoms with Crippen molar-refractivity contribution in [1.29, 1.82) is 0 Å². The number of carboxylic acids is 1. The monoisotopic (exact) mass is 190 g/mol. The first-order chi connectivity index (χ1) is 5.77. The Bertz CT molecular complexity index is 113. The second-order valence-electron chi connectivity index (χ2n) is 2.90. The highest BCUT2D eigenvalue weighted by Gasteiger charge is 1.95. The van der Waals surface area contributed by atoms with E-state index < -0.39 is 5.97 Å². The lowest BCUT2D eigenvalue weighted by molar-refractivity contribution is -0.137. The van der Waals surface area contributed by atoms with Crippen LogP contribution in [0.2, 0.25) is 0 Å². The molecule has 0 aliphatic rings. The average molecular weight is 190 g/mol. The molecule has 3 heteroatoms. The molecule has 0 fully saturated rings. The summed E-state index contributed by atoms with van der Waals surface area (Å²) in [6, 6.07) is 0. The molecule has 13 heavy (non-hydrogen) atoms. The Balaban J connectivity index is 0. The molecule has 0 atom stereocenters. The van der Waals surface area contributed by atoms with E-state index in [1.54, 1.807) is 7.11 Å². The summed E-state index contributed by atoms with van der Waals surface area (Å²) in [5.41, 5.74) is 0. The van der Waals surface area contributed by atoms with E-state index >= 15 is 0 Å².